The van der Waals surface area contributed by atoms with Gasteiger partial charge in [0.1, 0.15) is 0 Å². The number of rotatable bonds is 5. The highest BCUT2D eigenvalue weighted by Crippen LogP contribution is 2.43. The first-order valence-electron chi connectivity index (χ1n) is 11.5. The molecule has 1 N–H and O–H groups in total. The van der Waals surface area contributed by atoms with Gasteiger partial charge in [-0.05, 0) is 92.1 Å². The number of halogens is 1. The van der Waals surface area contributed by atoms with E-state index in [1.165, 1.54) is 11.1 Å². The Morgan fingerprint density at radius 3 is 2.44 bits per heavy atom. The van der Waals surface area contributed by atoms with Crippen molar-refractivity contribution in [2.75, 3.05) is 4.90 Å². The Hall–Kier alpha value is -3.15. The number of anilines is 1. The summed E-state index contributed by atoms with van der Waals surface area (Å²) in [6, 6.07) is 24.8. The number of hydrogen-bond acceptors (Lipinski definition) is 2. The summed E-state index contributed by atoms with van der Waals surface area (Å²) in [5, 5.41) is 4.99. The van der Waals surface area contributed by atoms with E-state index in [-0.39, 0.29) is 12.1 Å². The van der Waals surface area contributed by atoms with Crippen LogP contribution in [-0.4, -0.2) is 14.7 Å². The second kappa shape index (κ2) is 9.24. The summed E-state index contributed by atoms with van der Waals surface area (Å²) in [6.45, 7) is 6.47. The Morgan fingerprint density at radius 1 is 0.971 bits per heavy atom. The Morgan fingerprint density at radius 2 is 1.76 bits per heavy atom. The van der Waals surface area contributed by atoms with Crippen LogP contribution in [0.3, 0.4) is 0 Å². The molecular weight excluding hydrogens is 460 g/mol. The Balaban J connectivity index is 1.67. The number of benzene rings is 2. The summed E-state index contributed by atoms with van der Waals surface area (Å²) >= 11 is 12.2. The second-order valence-corrected chi connectivity index (χ2v) is 9.48. The van der Waals surface area contributed by atoms with Crippen molar-refractivity contribution in [2.24, 2.45) is 0 Å². The van der Waals surface area contributed by atoms with E-state index >= 15 is 0 Å². The number of pyridine rings is 1. The van der Waals surface area contributed by atoms with Crippen LogP contribution in [0.1, 0.15) is 47.2 Å². The van der Waals surface area contributed by atoms with Crippen LogP contribution in [0.2, 0.25) is 5.02 Å². The number of hydrogen-bond donors (Lipinski definition) is 1. The van der Waals surface area contributed by atoms with Crippen molar-refractivity contribution in [2.45, 2.75) is 39.3 Å². The minimum Gasteiger partial charge on any atom is -0.351 e. The highest BCUT2D eigenvalue weighted by Gasteiger charge is 2.42. The normalized spacial score (nSPS) is 17.8. The molecule has 0 unspecified atom stereocenters. The average molecular weight is 487 g/mol. The predicted molar refractivity (Wildman–Crippen MR) is 144 cm³/mol. The molecule has 0 spiro atoms. The zero-order valence-electron chi connectivity index (χ0n) is 19.5. The van der Waals surface area contributed by atoms with Gasteiger partial charge in [0.15, 0.2) is 5.11 Å². The van der Waals surface area contributed by atoms with Crippen molar-refractivity contribution < 1.29 is 0 Å². The Labute approximate surface area is 211 Å². The Bertz CT molecular complexity index is 1330. The summed E-state index contributed by atoms with van der Waals surface area (Å²) in [5.41, 5.74) is 7.91. The molecule has 172 valence electrons. The fourth-order valence-corrected chi connectivity index (χ4v) is 5.47. The summed E-state index contributed by atoms with van der Waals surface area (Å²) in [6.07, 6.45) is 2.84. The third-order valence-corrected chi connectivity index (χ3v) is 7.13. The van der Waals surface area contributed by atoms with Crippen LogP contribution in [0.25, 0.3) is 5.69 Å². The maximum absolute atomic E-state index is 6.33. The summed E-state index contributed by atoms with van der Waals surface area (Å²) in [5.74, 6) is 0. The van der Waals surface area contributed by atoms with Crippen molar-refractivity contribution in [3.8, 4) is 5.69 Å². The number of thiocarbonyl (C=S) groups is 1. The standard InChI is InChI=1S/C28H27ClN4S/c1-4-20-11-13-22(14-12-20)33-27(26(31-28(33)34)25-10-5-6-15-30-25)24-16-18(2)32(19(24)3)23-9-7-8-21(29)17-23/h5-17,26-27H,4H2,1-3H3,(H,31,34)/t26-,27-/m1/s1. The van der Waals surface area contributed by atoms with Crippen LogP contribution in [0.15, 0.2) is 79.0 Å². The zero-order valence-corrected chi connectivity index (χ0v) is 21.1. The molecule has 1 aliphatic heterocycles. The molecule has 0 bridgehead atoms. The van der Waals surface area contributed by atoms with Gasteiger partial charge in [-0.15, -0.1) is 0 Å². The van der Waals surface area contributed by atoms with Gasteiger partial charge in [-0.2, -0.15) is 0 Å². The first-order valence-corrected chi connectivity index (χ1v) is 12.3. The highest BCUT2D eigenvalue weighted by atomic mass is 35.5. The first-order chi connectivity index (χ1) is 16.5. The number of nitrogens with one attached hydrogen (secondary N) is 1. The van der Waals surface area contributed by atoms with Gasteiger partial charge < -0.3 is 14.8 Å². The molecule has 34 heavy (non-hydrogen) atoms. The van der Waals surface area contributed by atoms with Gasteiger partial charge in [-0.25, -0.2) is 0 Å². The first kappa shape index (κ1) is 22.6. The lowest BCUT2D eigenvalue weighted by Crippen LogP contribution is -2.29. The van der Waals surface area contributed by atoms with Gasteiger partial charge in [-0.3, -0.25) is 4.98 Å². The zero-order chi connectivity index (χ0) is 23.8. The number of aromatic nitrogens is 2. The topological polar surface area (TPSA) is 33.1 Å². The lowest BCUT2D eigenvalue weighted by Gasteiger charge is -2.28. The van der Waals surface area contributed by atoms with Crippen molar-refractivity contribution in [1.29, 1.82) is 0 Å². The average Bonchev–Trinajstić information content (AvgIpc) is 3.34. The van der Waals surface area contributed by atoms with E-state index in [9.17, 15) is 0 Å². The van der Waals surface area contributed by atoms with E-state index in [0.29, 0.717) is 5.11 Å². The van der Waals surface area contributed by atoms with Gasteiger partial charge in [0.2, 0.25) is 0 Å². The van der Waals surface area contributed by atoms with Crippen LogP contribution in [0.4, 0.5) is 5.69 Å². The molecule has 5 rings (SSSR count). The third-order valence-electron chi connectivity index (χ3n) is 6.58. The van der Waals surface area contributed by atoms with E-state index < -0.39 is 0 Å². The van der Waals surface area contributed by atoms with E-state index in [0.717, 1.165) is 39.9 Å². The van der Waals surface area contributed by atoms with Gasteiger partial charge in [0, 0.05) is 34.0 Å². The fraction of sp³-hybridized carbons (Fsp3) is 0.214. The molecular formula is C28H27ClN4S. The van der Waals surface area contributed by atoms with Crippen molar-refractivity contribution in [3.63, 3.8) is 0 Å². The second-order valence-electron chi connectivity index (χ2n) is 8.66. The monoisotopic (exact) mass is 486 g/mol. The molecule has 0 saturated carbocycles. The molecule has 0 radical (unpaired) electrons. The number of nitrogens with zero attached hydrogens (tertiary/aromatic N) is 3. The van der Waals surface area contributed by atoms with Crippen molar-refractivity contribution in [1.82, 2.24) is 14.9 Å². The van der Waals surface area contributed by atoms with Crippen LogP contribution in [0.5, 0.6) is 0 Å². The molecule has 1 aliphatic rings. The predicted octanol–water partition coefficient (Wildman–Crippen LogP) is 6.88. The van der Waals surface area contributed by atoms with Crippen molar-refractivity contribution >= 4 is 34.6 Å². The lowest BCUT2D eigenvalue weighted by atomic mass is 9.96. The van der Waals surface area contributed by atoms with Crippen LogP contribution in [0, 0.1) is 13.8 Å². The van der Waals surface area contributed by atoms with Crippen LogP contribution < -0.4 is 10.2 Å². The quantitative estimate of drug-likeness (QED) is 0.311. The third kappa shape index (κ3) is 3.99. The summed E-state index contributed by atoms with van der Waals surface area (Å²) in [7, 11) is 0. The maximum Gasteiger partial charge on any atom is 0.174 e. The van der Waals surface area contributed by atoms with E-state index in [1.807, 2.05) is 36.5 Å². The van der Waals surface area contributed by atoms with Gasteiger partial charge in [0.25, 0.3) is 0 Å². The van der Waals surface area contributed by atoms with E-state index in [4.69, 9.17) is 23.8 Å². The molecule has 3 heterocycles. The molecule has 0 aliphatic carbocycles. The highest BCUT2D eigenvalue weighted by molar-refractivity contribution is 7.80. The molecule has 6 heteroatoms. The van der Waals surface area contributed by atoms with E-state index in [1.54, 1.807) is 0 Å². The molecule has 2 atom stereocenters. The minimum absolute atomic E-state index is 0.0472. The smallest absolute Gasteiger partial charge is 0.174 e. The lowest BCUT2D eigenvalue weighted by molar-refractivity contribution is 0.565. The van der Waals surface area contributed by atoms with E-state index in [2.05, 4.69) is 83.0 Å². The van der Waals surface area contributed by atoms with Gasteiger partial charge >= 0.3 is 0 Å². The summed E-state index contributed by atoms with van der Waals surface area (Å²) < 4.78 is 2.26. The SMILES string of the molecule is CCc1ccc(N2C(=S)N[C@H](c3ccccn3)[C@H]2c2cc(C)n(-c3cccc(Cl)c3)c2C)cc1. The fourth-order valence-electron chi connectivity index (χ4n) is 4.94. The van der Waals surface area contributed by atoms with Crippen LogP contribution in [-0.2, 0) is 6.42 Å². The molecule has 0 amide bonds. The molecule has 1 saturated heterocycles. The summed E-state index contributed by atoms with van der Waals surface area (Å²) in [4.78, 5) is 6.92. The maximum atomic E-state index is 6.33. The Kier molecular flexibility index (Phi) is 6.15. The van der Waals surface area contributed by atoms with Crippen LogP contribution >= 0.6 is 23.8 Å². The van der Waals surface area contributed by atoms with Crippen molar-refractivity contribution in [3.05, 3.63) is 112 Å². The molecule has 2 aromatic heterocycles. The minimum atomic E-state index is -0.0761. The van der Waals surface area contributed by atoms with Gasteiger partial charge in [-0.1, -0.05) is 42.8 Å². The largest absolute Gasteiger partial charge is 0.351 e. The molecule has 4 nitrogen and oxygen atoms in total. The number of aryl methyl sites for hydroxylation is 2. The van der Waals surface area contributed by atoms with Gasteiger partial charge in [0.05, 0.1) is 17.8 Å². The molecule has 2 aromatic carbocycles. The molecule has 1 fully saturated rings. The molecule has 4 aromatic rings.